The summed E-state index contributed by atoms with van der Waals surface area (Å²) < 4.78 is 17.5. The van der Waals surface area contributed by atoms with Gasteiger partial charge in [0.2, 0.25) is 0 Å². The van der Waals surface area contributed by atoms with Crippen molar-refractivity contribution in [3.8, 4) is 0 Å². The number of nitrogens with two attached hydrogens (primary N) is 1. The van der Waals surface area contributed by atoms with Crippen LogP contribution in [0.25, 0.3) is 0 Å². The first-order chi connectivity index (χ1) is 5.00. The fourth-order valence-corrected chi connectivity index (χ4v) is 1.04. The van der Waals surface area contributed by atoms with Crippen molar-refractivity contribution >= 4 is 18.4 Å². The highest BCUT2D eigenvalue weighted by molar-refractivity contribution is 5.88. The van der Waals surface area contributed by atoms with Crippen LogP contribution in [0.4, 0.5) is 4.39 Å². The maximum absolute atomic E-state index is 13.2. The number of halogens is 2. The van der Waals surface area contributed by atoms with E-state index in [-0.39, 0.29) is 18.8 Å². The van der Waals surface area contributed by atoms with Crippen LogP contribution in [-0.4, -0.2) is 24.3 Å². The van der Waals surface area contributed by atoms with Crippen LogP contribution >= 0.6 is 12.4 Å². The molecule has 5 heteroatoms. The normalized spacial score (nSPS) is 37.9. The van der Waals surface area contributed by atoms with Crippen LogP contribution in [0.2, 0.25) is 0 Å². The Bertz CT molecular complexity index is 223. The van der Waals surface area contributed by atoms with Gasteiger partial charge in [-0.25, -0.2) is 9.18 Å². The summed E-state index contributed by atoms with van der Waals surface area (Å²) in [6, 6.07) is 0. The first-order valence-corrected chi connectivity index (χ1v) is 3.20. The zero-order valence-corrected chi connectivity index (χ0v) is 7.49. The van der Waals surface area contributed by atoms with Crippen molar-refractivity contribution in [3.63, 3.8) is 0 Å². The van der Waals surface area contributed by atoms with E-state index >= 15 is 0 Å². The van der Waals surface area contributed by atoms with Crippen LogP contribution in [0.15, 0.2) is 12.7 Å². The number of hydrogen-bond acceptors (Lipinski definition) is 3. The number of hydrogen-bond donors (Lipinski definition) is 1. The van der Waals surface area contributed by atoms with E-state index in [9.17, 15) is 9.18 Å². The molecule has 0 amide bonds. The molecule has 0 bridgehead atoms. The summed E-state index contributed by atoms with van der Waals surface area (Å²) in [6.07, 6.45) is 1.01. The van der Waals surface area contributed by atoms with Crippen molar-refractivity contribution in [2.45, 2.75) is 17.6 Å². The molecular formula is C7H11ClFNO2. The summed E-state index contributed by atoms with van der Waals surface area (Å²) in [6.45, 7) is 3.24. The molecule has 1 aliphatic carbocycles. The third-order valence-corrected chi connectivity index (χ3v) is 2.03. The summed E-state index contributed by atoms with van der Waals surface area (Å²) in [5.41, 5.74) is 2.12. The molecule has 0 unspecified atom stereocenters. The van der Waals surface area contributed by atoms with Gasteiger partial charge in [0.05, 0.1) is 7.11 Å². The largest absolute Gasteiger partial charge is 0.468 e. The zero-order chi connectivity index (χ0) is 8.70. The Kier molecular flexibility index (Phi) is 2.88. The molecule has 2 atom stereocenters. The number of esters is 1. The fraction of sp³-hybridized carbons (Fsp3) is 0.571. The lowest BCUT2D eigenvalue weighted by molar-refractivity contribution is -0.144. The molecule has 3 nitrogen and oxygen atoms in total. The second-order valence-corrected chi connectivity index (χ2v) is 2.71. The van der Waals surface area contributed by atoms with E-state index in [1.165, 1.54) is 7.11 Å². The van der Waals surface area contributed by atoms with E-state index in [0.717, 1.165) is 6.08 Å². The summed E-state index contributed by atoms with van der Waals surface area (Å²) in [7, 11) is 1.18. The van der Waals surface area contributed by atoms with Gasteiger partial charge < -0.3 is 10.5 Å². The smallest absolute Gasteiger partial charge is 0.329 e. The van der Waals surface area contributed by atoms with E-state index < -0.39 is 17.2 Å². The van der Waals surface area contributed by atoms with Crippen molar-refractivity contribution in [2.75, 3.05) is 7.11 Å². The Morgan fingerprint density at radius 1 is 1.83 bits per heavy atom. The van der Waals surface area contributed by atoms with E-state index in [2.05, 4.69) is 11.3 Å². The fourth-order valence-electron chi connectivity index (χ4n) is 1.04. The number of alkyl halides is 1. The molecule has 1 fully saturated rings. The molecule has 1 rings (SSSR count). The number of carbonyl (C=O) groups excluding carboxylic acids is 1. The maximum atomic E-state index is 13.2. The number of ether oxygens (including phenoxy) is 1. The molecule has 1 aliphatic rings. The minimum atomic E-state index is -1.76. The molecule has 0 saturated heterocycles. The predicted molar refractivity (Wildman–Crippen MR) is 44.8 cm³/mol. The van der Waals surface area contributed by atoms with Crippen LogP contribution < -0.4 is 5.73 Å². The Balaban J connectivity index is 0.00000121. The van der Waals surface area contributed by atoms with Gasteiger partial charge in [-0.2, -0.15) is 0 Å². The molecular weight excluding hydrogens is 185 g/mol. The summed E-state index contributed by atoms with van der Waals surface area (Å²) in [5.74, 6) is -0.722. The second-order valence-electron chi connectivity index (χ2n) is 2.71. The molecule has 0 heterocycles. The van der Waals surface area contributed by atoms with E-state index in [1.807, 2.05) is 0 Å². The van der Waals surface area contributed by atoms with Gasteiger partial charge in [-0.05, 0) is 0 Å². The Labute approximate surface area is 76.2 Å². The van der Waals surface area contributed by atoms with Crippen LogP contribution in [0.3, 0.4) is 0 Å². The highest BCUT2D eigenvalue weighted by Crippen LogP contribution is 2.50. The predicted octanol–water partition coefficient (Wildman–Crippen LogP) is 0.577. The molecule has 0 aromatic carbocycles. The zero-order valence-electron chi connectivity index (χ0n) is 6.67. The molecule has 2 N–H and O–H groups in total. The van der Waals surface area contributed by atoms with Gasteiger partial charge in [-0.1, -0.05) is 12.7 Å². The van der Waals surface area contributed by atoms with Gasteiger partial charge in [-0.15, -0.1) is 12.4 Å². The third-order valence-electron chi connectivity index (χ3n) is 2.03. The molecule has 0 radical (unpaired) electrons. The molecule has 1 saturated carbocycles. The standard InChI is InChI=1S/C7H10FNO2.ClH/c1-3-6(8)4-7(6,9)5(10)11-2;/h3H,1,4,9H2,2H3;1H/t6-,7-;/m0./s1. The van der Waals surface area contributed by atoms with Crippen LogP contribution in [0.5, 0.6) is 0 Å². The van der Waals surface area contributed by atoms with E-state index in [0.29, 0.717) is 0 Å². The number of methoxy groups -OCH3 is 1. The average Bonchev–Trinajstić information content (AvgIpc) is 2.56. The molecule has 0 aromatic rings. The van der Waals surface area contributed by atoms with Crippen molar-refractivity contribution in [2.24, 2.45) is 5.73 Å². The summed E-state index contributed by atoms with van der Waals surface area (Å²) in [5, 5.41) is 0. The average molecular weight is 196 g/mol. The summed E-state index contributed by atoms with van der Waals surface area (Å²) in [4.78, 5) is 10.8. The highest BCUT2D eigenvalue weighted by Gasteiger charge is 2.71. The van der Waals surface area contributed by atoms with Gasteiger partial charge in [0, 0.05) is 6.42 Å². The quantitative estimate of drug-likeness (QED) is 0.518. The highest BCUT2D eigenvalue weighted by atomic mass is 35.5. The Morgan fingerprint density at radius 2 is 2.33 bits per heavy atom. The third kappa shape index (κ3) is 1.21. The van der Waals surface area contributed by atoms with Gasteiger partial charge in [0.15, 0.2) is 11.2 Å². The first kappa shape index (κ1) is 11.4. The monoisotopic (exact) mass is 195 g/mol. The SMILES string of the molecule is C=C[C@]1(F)C[C@]1(N)C(=O)OC.Cl. The molecule has 70 valence electrons. The molecule has 0 aromatic heterocycles. The number of carbonyl (C=O) groups is 1. The lowest BCUT2D eigenvalue weighted by atomic mass is 10.2. The lowest BCUT2D eigenvalue weighted by Gasteiger charge is -2.08. The molecule has 12 heavy (non-hydrogen) atoms. The van der Waals surface area contributed by atoms with Crippen LogP contribution in [0.1, 0.15) is 6.42 Å². The molecule has 0 spiro atoms. The Hall–Kier alpha value is -0.610. The second kappa shape index (κ2) is 3.03. The molecule has 0 aliphatic heterocycles. The van der Waals surface area contributed by atoms with Gasteiger partial charge in [0.1, 0.15) is 0 Å². The number of rotatable bonds is 2. The minimum Gasteiger partial charge on any atom is -0.468 e. The van der Waals surface area contributed by atoms with E-state index in [1.54, 1.807) is 0 Å². The van der Waals surface area contributed by atoms with Crippen molar-refractivity contribution in [1.29, 1.82) is 0 Å². The maximum Gasteiger partial charge on any atom is 0.329 e. The van der Waals surface area contributed by atoms with E-state index in [4.69, 9.17) is 5.73 Å². The van der Waals surface area contributed by atoms with Gasteiger partial charge in [-0.3, -0.25) is 0 Å². The van der Waals surface area contributed by atoms with Gasteiger partial charge >= 0.3 is 5.97 Å². The summed E-state index contributed by atoms with van der Waals surface area (Å²) >= 11 is 0. The lowest BCUT2D eigenvalue weighted by Crippen LogP contribution is -2.40. The van der Waals surface area contributed by atoms with Crippen molar-refractivity contribution in [1.82, 2.24) is 0 Å². The topological polar surface area (TPSA) is 52.3 Å². The van der Waals surface area contributed by atoms with Crippen molar-refractivity contribution in [3.05, 3.63) is 12.7 Å². The van der Waals surface area contributed by atoms with Crippen LogP contribution in [-0.2, 0) is 9.53 Å². The van der Waals surface area contributed by atoms with Gasteiger partial charge in [0.25, 0.3) is 0 Å². The first-order valence-electron chi connectivity index (χ1n) is 3.20. The van der Waals surface area contributed by atoms with Crippen molar-refractivity contribution < 1.29 is 13.9 Å². The Morgan fingerprint density at radius 3 is 2.58 bits per heavy atom. The minimum absolute atomic E-state index is 0. The van der Waals surface area contributed by atoms with Crippen LogP contribution in [0, 0.1) is 0 Å².